The van der Waals surface area contributed by atoms with Crippen molar-refractivity contribution in [3.8, 4) is 0 Å². The van der Waals surface area contributed by atoms with Gasteiger partial charge in [-0.2, -0.15) is 0 Å². The number of unbranched alkanes of at least 4 members (excludes halogenated alkanes) is 37. The molecule has 0 aliphatic carbocycles. The van der Waals surface area contributed by atoms with E-state index < -0.39 is 61.5 Å². The average molecular weight is 967 g/mol. The van der Waals surface area contributed by atoms with Crippen LogP contribution >= 0.6 is 0 Å². The molecule has 10 heteroatoms. The van der Waals surface area contributed by atoms with Gasteiger partial charge in [-0.1, -0.05) is 269 Å². The Balaban J connectivity index is 2.17. The lowest BCUT2D eigenvalue weighted by atomic mass is 9.99. The average Bonchev–Trinajstić information content (AvgIpc) is 3.34. The van der Waals surface area contributed by atoms with E-state index in [1.165, 1.54) is 212 Å². The summed E-state index contributed by atoms with van der Waals surface area (Å²) in [6, 6.07) is -0.993. The Morgan fingerprint density at radius 1 is 0.500 bits per heavy atom. The molecule has 1 aliphatic rings. The van der Waals surface area contributed by atoms with Crippen molar-refractivity contribution in [2.45, 2.75) is 326 Å². The summed E-state index contributed by atoms with van der Waals surface area (Å²) in [5.41, 5.74) is 0. The van der Waals surface area contributed by atoms with Crippen molar-refractivity contribution in [3.05, 3.63) is 24.3 Å². The zero-order valence-corrected chi connectivity index (χ0v) is 44.2. The van der Waals surface area contributed by atoms with Crippen molar-refractivity contribution >= 4 is 5.91 Å². The lowest BCUT2D eigenvalue weighted by Crippen LogP contribution is -2.60. The Labute approximate surface area is 418 Å². The molecular formula is C58H111NO9. The Bertz CT molecular complexity index is 1140. The third-order valence-corrected chi connectivity index (χ3v) is 14.1. The highest BCUT2D eigenvalue weighted by atomic mass is 16.7. The summed E-state index contributed by atoms with van der Waals surface area (Å²) in [6.45, 7) is 3.61. The molecule has 10 nitrogen and oxygen atoms in total. The lowest BCUT2D eigenvalue weighted by molar-refractivity contribution is -0.302. The van der Waals surface area contributed by atoms with E-state index in [0.29, 0.717) is 12.8 Å². The third-order valence-electron chi connectivity index (χ3n) is 14.1. The fourth-order valence-electron chi connectivity index (χ4n) is 9.42. The van der Waals surface area contributed by atoms with E-state index in [4.69, 9.17) is 9.47 Å². The van der Waals surface area contributed by atoms with Crippen LogP contribution in [-0.4, -0.2) is 98.7 Å². The van der Waals surface area contributed by atoms with Gasteiger partial charge in [0.05, 0.1) is 25.4 Å². The standard InChI is InChI=1S/C58H111NO9/c1-3-5-7-9-11-13-15-17-18-19-20-21-22-23-24-25-26-27-28-29-30-31-32-33-35-37-39-41-43-45-47-52(62)57(66)59-50(49-67-58-56(65)55(64)54(63)53(48-60)68-58)51(61)46-44-42-40-38-36-34-16-14-12-10-8-6-4-2/h36,38,44,46,50-56,58,60-65H,3-35,37,39-43,45,47-49H2,1-2H3,(H,59,66)/b38-36+,46-44+. The first kappa shape index (κ1) is 64.6. The minimum absolute atomic E-state index is 0.308. The second kappa shape index (κ2) is 47.9. The van der Waals surface area contributed by atoms with E-state index in [1.54, 1.807) is 6.08 Å². The molecule has 0 radical (unpaired) electrons. The van der Waals surface area contributed by atoms with Crippen molar-refractivity contribution in [3.63, 3.8) is 0 Å². The number of allylic oxidation sites excluding steroid dienone is 3. The molecule has 0 aromatic carbocycles. The van der Waals surface area contributed by atoms with Crippen LogP contribution in [0.15, 0.2) is 24.3 Å². The zero-order valence-electron chi connectivity index (χ0n) is 44.2. The van der Waals surface area contributed by atoms with Crippen LogP contribution in [0.4, 0.5) is 0 Å². The van der Waals surface area contributed by atoms with Crippen molar-refractivity contribution in [2.75, 3.05) is 13.2 Å². The van der Waals surface area contributed by atoms with Gasteiger partial charge >= 0.3 is 0 Å². The fraction of sp³-hybridized carbons (Fsp3) is 0.914. The van der Waals surface area contributed by atoms with E-state index in [-0.39, 0.29) is 6.61 Å². The van der Waals surface area contributed by atoms with Crippen molar-refractivity contribution in [1.29, 1.82) is 0 Å². The maximum Gasteiger partial charge on any atom is 0.249 e. The number of hydrogen-bond acceptors (Lipinski definition) is 9. The van der Waals surface area contributed by atoms with Gasteiger partial charge in [-0.25, -0.2) is 0 Å². The first-order valence-corrected chi connectivity index (χ1v) is 29.2. The Kier molecular flexibility index (Phi) is 45.6. The van der Waals surface area contributed by atoms with Gasteiger partial charge < -0.3 is 45.4 Å². The summed E-state index contributed by atoms with van der Waals surface area (Å²) in [6.07, 6.45) is 50.2. The van der Waals surface area contributed by atoms with Gasteiger partial charge in [0.1, 0.15) is 30.5 Å². The number of nitrogens with one attached hydrogen (secondary N) is 1. The number of carbonyl (C=O) groups excluding carboxylic acids is 1. The van der Waals surface area contributed by atoms with Gasteiger partial charge in [0.25, 0.3) is 0 Å². The molecule has 402 valence electrons. The molecule has 1 heterocycles. The van der Waals surface area contributed by atoms with Crippen LogP contribution in [0.5, 0.6) is 0 Å². The van der Waals surface area contributed by atoms with Crippen LogP contribution in [0.2, 0.25) is 0 Å². The van der Waals surface area contributed by atoms with E-state index in [2.05, 4.69) is 31.3 Å². The zero-order chi connectivity index (χ0) is 49.6. The van der Waals surface area contributed by atoms with E-state index in [1.807, 2.05) is 6.08 Å². The molecule has 8 unspecified atom stereocenters. The van der Waals surface area contributed by atoms with Crippen LogP contribution in [0, 0.1) is 0 Å². The van der Waals surface area contributed by atoms with Gasteiger partial charge in [0.2, 0.25) is 5.91 Å². The van der Waals surface area contributed by atoms with Crippen LogP contribution < -0.4 is 5.32 Å². The molecule has 1 saturated heterocycles. The maximum absolute atomic E-state index is 13.1. The molecule has 68 heavy (non-hydrogen) atoms. The number of ether oxygens (including phenoxy) is 2. The maximum atomic E-state index is 13.1. The molecule has 1 fully saturated rings. The van der Waals surface area contributed by atoms with Gasteiger partial charge in [-0.05, 0) is 32.1 Å². The largest absolute Gasteiger partial charge is 0.394 e. The first-order valence-electron chi connectivity index (χ1n) is 29.2. The van der Waals surface area contributed by atoms with Crippen LogP contribution in [-0.2, 0) is 14.3 Å². The molecule has 1 amide bonds. The minimum atomic E-state index is -1.61. The van der Waals surface area contributed by atoms with Gasteiger partial charge in [-0.15, -0.1) is 0 Å². The fourth-order valence-corrected chi connectivity index (χ4v) is 9.42. The smallest absolute Gasteiger partial charge is 0.249 e. The predicted molar refractivity (Wildman–Crippen MR) is 283 cm³/mol. The molecule has 0 bridgehead atoms. The third kappa shape index (κ3) is 36.5. The summed E-state index contributed by atoms with van der Waals surface area (Å²) in [7, 11) is 0. The normalized spacial score (nSPS) is 20.1. The summed E-state index contributed by atoms with van der Waals surface area (Å²) in [4.78, 5) is 13.1. The highest BCUT2D eigenvalue weighted by Gasteiger charge is 2.44. The van der Waals surface area contributed by atoms with Crippen molar-refractivity contribution < 1.29 is 44.9 Å². The summed E-state index contributed by atoms with van der Waals surface area (Å²) < 4.78 is 11.2. The molecule has 8 atom stereocenters. The number of carbonyl (C=O) groups is 1. The molecule has 1 rings (SSSR count). The van der Waals surface area contributed by atoms with Crippen molar-refractivity contribution in [1.82, 2.24) is 5.32 Å². The van der Waals surface area contributed by atoms with Crippen LogP contribution in [0.3, 0.4) is 0 Å². The number of amides is 1. The molecule has 7 N–H and O–H groups in total. The second-order valence-corrected chi connectivity index (χ2v) is 20.6. The van der Waals surface area contributed by atoms with E-state index in [9.17, 15) is 35.4 Å². The Morgan fingerprint density at radius 3 is 1.28 bits per heavy atom. The summed E-state index contributed by atoms with van der Waals surface area (Å²) in [5, 5.41) is 64.9. The number of rotatable bonds is 50. The number of aliphatic hydroxyl groups is 6. The van der Waals surface area contributed by atoms with Crippen molar-refractivity contribution in [2.24, 2.45) is 0 Å². The first-order chi connectivity index (χ1) is 33.3. The highest BCUT2D eigenvalue weighted by molar-refractivity contribution is 5.80. The van der Waals surface area contributed by atoms with E-state index in [0.717, 1.165) is 38.5 Å². The highest BCUT2D eigenvalue weighted by Crippen LogP contribution is 2.23. The quantitative estimate of drug-likeness (QED) is 0.0232. The minimum Gasteiger partial charge on any atom is -0.394 e. The molecule has 0 aromatic heterocycles. The number of hydrogen-bond donors (Lipinski definition) is 7. The lowest BCUT2D eigenvalue weighted by Gasteiger charge is -2.40. The summed E-state index contributed by atoms with van der Waals surface area (Å²) >= 11 is 0. The topological polar surface area (TPSA) is 169 Å². The number of aliphatic hydroxyl groups excluding tert-OH is 6. The van der Waals surface area contributed by atoms with Crippen LogP contribution in [0.1, 0.15) is 277 Å². The molecular weight excluding hydrogens is 855 g/mol. The van der Waals surface area contributed by atoms with E-state index >= 15 is 0 Å². The van der Waals surface area contributed by atoms with Gasteiger partial charge in [0, 0.05) is 0 Å². The molecule has 1 aliphatic heterocycles. The molecule has 0 saturated carbocycles. The van der Waals surface area contributed by atoms with Gasteiger partial charge in [-0.3, -0.25) is 4.79 Å². The van der Waals surface area contributed by atoms with Crippen LogP contribution in [0.25, 0.3) is 0 Å². The SMILES string of the molecule is CCCCCCCCC/C=C/CC/C=C/C(O)C(COC1OC(CO)C(O)C(O)C1O)NC(=O)C(O)CCCCCCCCCCCCCCCCCCCCCCCCCCCCCCCC. The second-order valence-electron chi connectivity index (χ2n) is 20.6. The van der Waals surface area contributed by atoms with Gasteiger partial charge in [0.15, 0.2) is 6.29 Å². The summed E-state index contributed by atoms with van der Waals surface area (Å²) in [5.74, 6) is -0.622. The Hall–Kier alpha value is -1.37. The predicted octanol–water partition coefficient (Wildman–Crippen LogP) is 13.2. The monoisotopic (exact) mass is 966 g/mol. The molecule has 0 aromatic rings. The Morgan fingerprint density at radius 2 is 0.868 bits per heavy atom. The molecule has 0 spiro atoms.